The van der Waals surface area contributed by atoms with E-state index in [1.165, 1.54) is 0 Å². The van der Waals surface area contributed by atoms with E-state index in [4.69, 9.17) is 0 Å². The van der Waals surface area contributed by atoms with Crippen LogP contribution in [0.3, 0.4) is 0 Å². The Balaban J connectivity index is 2.16. The Morgan fingerprint density at radius 1 is 1.43 bits per heavy atom. The first-order chi connectivity index (χ1) is 9.75. The lowest BCUT2D eigenvalue weighted by Crippen LogP contribution is -2.34. The number of sulfonamides is 1. The average Bonchev–Trinajstić information content (AvgIpc) is 2.90. The van der Waals surface area contributed by atoms with Gasteiger partial charge in [-0.2, -0.15) is 5.10 Å². The van der Waals surface area contributed by atoms with E-state index in [9.17, 15) is 8.42 Å². The van der Waals surface area contributed by atoms with Crippen molar-refractivity contribution in [3.05, 3.63) is 11.3 Å². The van der Waals surface area contributed by atoms with Gasteiger partial charge in [-0.3, -0.25) is 5.10 Å². The van der Waals surface area contributed by atoms with Crippen LogP contribution in [0.5, 0.6) is 0 Å². The largest absolute Gasteiger partial charge is 0.313 e. The molecule has 21 heavy (non-hydrogen) atoms. The molecule has 1 aromatic rings. The first-order valence-electron chi connectivity index (χ1n) is 7.52. The Hall–Kier alpha value is -0.920. The first-order valence-corrected chi connectivity index (χ1v) is 9.00. The molecular formula is C14H26N4O2S. The van der Waals surface area contributed by atoms with Gasteiger partial charge >= 0.3 is 0 Å². The summed E-state index contributed by atoms with van der Waals surface area (Å²) in [5, 5.41) is 10.1. The van der Waals surface area contributed by atoms with E-state index in [-0.39, 0.29) is 16.5 Å². The van der Waals surface area contributed by atoms with Crippen LogP contribution in [-0.2, 0) is 16.6 Å². The van der Waals surface area contributed by atoms with E-state index >= 15 is 0 Å². The van der Waals surface area contributed by atoms with Gasteiger partial charge in [0.1, 0.15) is 0 Å². The number of aromatic nitrogens is 2. The lowest BCUT2D eigenvalue weighted by atomic mass is 9.92. The number of aryl methyl sites for hydroxylation is 1. The monoisotopic (exact) mass is 314 g/mol. The maximum absolute atomic E-state index is 12.6. The summed E-state index contributed by atoms with van der Waals surface area (Å²) in [6.07, 6.45) is 2.81. The fourth-order valence-corrected chi connectivity index (χ4v) is 4.39. The van der Waals surface area contributed by atoms with E-state index in [2.05, 4.69) is 34.1 Å². The SMILES string of the molecule is CCNCc1c(S(=O)(=O)NC2CCC(C)(C)C2)n[nH]c1C. The molecule has 0 radical (unpaired) electrons. The molecule has 0 saturated heterocycles. The highest BCUT2D eigenvalue weighted by Crippen LogP contribution is 2.37. The summed E-state index contributed by atoms with van der Waals surface area (Å²) in [4.78, 5) is 0. The molecule has 1 aliphatic rings. The van der Waals surface area contributed by atoms with Crippen LogP contribution in [-0.4, -0.2) is 31.2 Å². The molecule has 3 N–H and O–H groups in total. The molecule has 6 nitrogen and oxygen atoms in total. The standard InChI is InChI=1S/C14H26N4O2S/c1-5-15-9-12-10(2)16-17-13(12)21(19,20)18-11-6-7-14(3,4)8-11/h11,15,18H,5-9H2,1-4H3,(H,16,17). The zero-order valence-electron chi connectivity index (χ0n) is 13.3. The second kappa shape index (κ2) is 6.06. The van der Waals surface area contributed by atoms with Gasteiger partial charge in [0.25, 0.3) is 10.0 Å². The molecule has 0 spiro atoms. The summed E-state index contributed by atoms with van der Waals surface area (Å²) in [6, 6.07) is 0.00832. The number of rotatable bonds is 6. The Morgan fingerprint density at radius 2 is 2.14 bits per heavy atom. The summed E-state index contributed by atoms with van der Waals surface area (Å²) in [6.45, 7) is 9.48. The fraction of sp³-hybridized carbons (Fsp3) is 0.786. The van der Waals surface area contributed by atoms with Gasteiger partial charge in [0.05, 0.1) is 0 Å². The topological polar surface area (TPSA) is 86.9 Å². The van der Waals surface area contributed by atoms with Crippen LogP contribution in [0.15, 0.2) is 5.03 Å². The smallest absolute Gasteiger partial charge is 0.260 e. The van der Waals surface area contributed by atoms with Crippen LogP contribution < -0.4 is 10.0 Å². The molecule has 1 fully saturated rings. The van der Waals surface area contributed by atoms with Crippen molar-refractivity contribution in [2.75, 3.05) is 6.54 Å². The number of hydrogen-bond acceptors (Lipinski definition) is 4. The Labute approximate surface area is 127 Å². The minimum absolute atomic E-state index is 0.00832. The van der Waals surface area contributed by atoms with E-state index in [0.29, 0.717) is 6.54 Å². The molecule has 0 aromatic carbocycles. The molecule has 1 unspecified atom stereocenters. The van der Waals surface area contributed by atoms with Gasteiger partial charge in [-0.25, -0.2) is 13.1 Å². The van der Waals surface area contributed by atoms with Gasteiger partial charge in [-0.1, -0.05) is 20.8 Å². The zero-order valence-corrected chi connectivity index (χ0v) is 14.1. The van der Waals surface area contributed by atoms with Gasteiger partial charge in [0, 0.05) is 23.8 Å². The minimum Gasteiger partial charge on any atom is -0.313 e. The van der Waals surface area contributed by atoms with Gasteiger partial charge in [-0.05, 0) is 38.1 Å². The van der Waals surface area contributed by atoms with Crippen LogP contribution >= 0.6 is 0 Å². The van der Waals surface area contributed by atoms with Crippen molar-refractivity contribution in [2.45, 2.75) is 64.6 Å². The summed E-state index contributed by atoms with van der Waals surface area (Å²) in [7, 11) is -3.57. The third kappa shape index (κ3) is 3.84. The quantitative estimate of drug-likeness (QED) is 0.745. The molecule has 1 aromatic heterocycles. The zero-order chi connectivity index (χ0) is 15.7. The molecule has 2 rings (SSSR count). The molecule has 1 heterocycles. The second-order valence-corrected chi connectivity index (χ2v) is 8.27. The molecule has 1 aliphatic carbocycles. The van der Waals surface area contributed by atoms with Crippen molar-refractivity contribution in [3.8, 4) is 0 Å². The van der Waals surface area contributed by atoms with Gasteiger partial charge in [0.15, 0.2) is 5.03 Å². The number of nitrogens with zero attached hydrogens (tertiary/aromatic N) is 1. The second-order valence-electron chi connectivity index (χ2n) is 6.64. The van der Waals surface area contributed by atoms with E-state index in [1.807, 2.05) is 13.8 Å². The summed E-state index contributed by atoms with van der Waals surface area (Å²) >= 11 is 0. The van der Waals surface area contributed by atoms with Crippen LogP contribution in [0.1, 0.15) is 51.3 Å². The minimum atomic E-state index is -3.57. The van der Waals surface area contributed by atoms with Crippen molar-refractivity contribution < 1.29 is 8.42 Å². The normalized spacial score (nSPS) is 21.8. The van der Waals surface area contributed by atoms with Crippen LogP contribution in [0, 0.1) is 12.3 Å². The summed E-state index contributed by atoms with van der Waals surface area (Å²) < 4.78 is 28.0. The van der Waals surface area contributed by atoms with Crippen molar-refractivity contribution in [1.82, 2.24) is 20.2 Å². The average molecular weight is 314 g/mol. The Bertz CT molecular complexity index is 592. The van der Waals surface area contributed by atoms with Crippen molar-refractivity contribution >= 4 is 10.0 Å². The molecule has 1 atom stereocenters. The molecular weight excluding hydrogens is 288 g/mol. The first kappa shape index (κ1) is 16.5. The predicted octanol–water partition coefficient (Wildman–Crippen LogP) is 1.68. The van der Waals surface area contributed by atoms with Gasteiger partial charge in [-0.15, -0.1) is 0 Å². The molecule has 0 aliphatic heterocycles. The maximum Gasteiger partial charge on any atom is 0.260 e. The van der Waals surface area contributed by atoms with Crippen LogP contribution in [0.25, 0.3) is 0 Å². The molecule has 120 valence electrons. The van der Waals surface area contributed by atoms with Gasteiger partial charge < -0.3 is 5.32 Å². The van der Waals surface area contributed by atoms with Crippen LogP contribution in [0.4, 0.5) is 0 Å². The Kier molecular flexibility index (Phi) is 4.75. The van der Waals surface area contributed by atoms with Crippen LogP contribution in [0.2, 0.25) is 0 Å². The Morgan fingerprint density at radius 3 is 2.71 bits per heavy atom. The lowest BCUT2D eigenvalue weighted by molar-refractivity contribution is 0.372. The highest BCUT2D eigenvalue weighted by Gasteiger charge is 2.35. The van der Waals surface area contributed by atoms with E-state index in [0.717, 1.165) is 37.1 Å². The van der Waals surface area contributed by atoms with Gasteiger partial charge in [0.2, 0.25) is 0 Å². The third-order valence-corrected chi connectivity index (χ3v) is 5.62. The number of aromatic amines is 1. The third-order valence-electron chi connectivity index (χ3n) is 4.13. The predicted molar refractivity (Wildman–Crippen MR) is 82.4 cm³/mol. The highest BCUT2D eigenvalue weighted by atomic mass is 32.2. The molecule has 1 saturated carbocycles. The van der Waals surface area contributed by atoms with Crippen molar-refractivity contribution in [3.63, 3.8) is 0 Å². The highest BCUT2D eigenvalue weighted by molar-refractivity contribution is 7.89. The lowest BCUT2D eigenvalue weighted by Gasteiger charge is -2.17. The fourth-order valence-electron chi connectivity index (χ4n) is 2.92. The number of nitrogens with one attached hydrogen (secondary N) is 3. The number of hydrogen-bond donors (Lipinski definition) is 3. The molecule has 0 bridgehead atoms. The molecule has 7 heteroatoms. The van der Waals surface area contributed by atoms with E-state index < -0.39 is 10.0 Å². The maximum atomic E-state index is 12.6. The molecule has 0 amide bonds. The summed E-state index contributed by atoms with van der Waals surface area (Å²) in [5.41, 5.74) is 1.73. The summed E-state index contributed by atoms with van der Waals surface area (Å²) in [5.74, 6) is 0. The number of H-pyrrole nitrogens is 1. The van der Waals surface area contributed by atoms with Crippen molar-refractivity contribution in [1.29, 1.82) is 0 Å². The van der Waals surface area contributed by atoms with Crippen molar-refractivity contribution in [2.24, 2.45) is 5.41 Å². The van der Waals surface area contributed by atoms with E-state index in [1.54, 1.807) is 0 Å².